The van der Waals surface area contributed by atoms with Crippen molar-refractivity contribution in [2.75, 3.05) is 7.11 Å². The van der Waals surface area contributed by atoms with E-state index in [1.165, 1.54) is 38.5 Å². The van der Waals surface area contributed by atoms with Crippen molar-refractivity contribution in [1.29, 1.82) is 0 Å². The van der Waals surface area contributed by atoms with Gasteiger partial charge < -0.3 is 9.15 Å². The number of rotatable bonds is 7. The lowest BCUT2D eigenvalue weighted by molar-refractivity contribution is -0.143. The van der Waals surface area contributed by atoms with Crippen molar-refractivity contribution in [2.24, 2.45) is 5.92 Å². The molecule has 190 valence electrons. The smallest absolute Gasteiger partial charge is 0.324 e. The van der Waals surface area contributed by atoms with Gasteiger partial charge in [-0.3, -0.25) is 4.79 Å². The van der Waals surface area contributed by atoms with Crippen molar-refractivity contribution in [1.82, 2.24) is 19.7 Å². The maximum Gasteiger partial charge on any atom is 0.324 e. The molecule has 4 aromatic rings. The zero-order chi connectivity index (χ0) is 25.4. The minimum Gasteiger partial charge on any atom is -0.468 e. The Kier molecular flexibility index (Phi) is 6.57. The van der Waals surface area contributed by atoms with Crippen LogP contribution in [0.15, 0.2) is 51.9 Å². The van der Waals surface area contributed by atoms with E-state index in [9.17, 15) is 13.2 Å². The summed E-state index contributed by atoms with van der Waals surface area (Å²) in [6.07, 6.45) is 8.07. The minimum absolute atomic E-state index is 0.0113. The maximum atomic E-state index is 13.0. The van der Waals surface area contributed by atoms with Gasteiger partial charge in [0.05, 0.1) is 29.6 Å². The fraction of sp³-hybridized carbons (Fsp3) is 0.423. The molecular weight excluding hydrogens is 480 g/mol. The second-order valence-corrected chi connectivity index (χ2v) is 11.4. The van der Waals surface area contributed by atoms with Gasteiger partial charge in [0, 0.05) is 22.8 Å². The number of esters is 1. The molecule has 1 aliphatic rings. The highest BCUT2D eigenvalue weighted by Gasteiger charge is 2.29. The van der Waals surface area contributed by atoms with E-state index in [-0.39, 0.29) is 10.8 Å². The average molecular weight is 511 g/mol. The van der Waals surface area contributed by atoms with Crippen LogP contribution >= 0.6 is 0 Å². The number of furan rings is 1. The molecule has 1 unspecified atom stereocenters. The fourth-order valence-corrected chi connectivity index (χ4v) is 6.21. The Morgan fingerprint density at radius 2 is 1.86 bits per heavy atom. The number of benzene rings is 2. The summed E-state index contributed by atoms with van der Waals surface area (Å²) in [5.41, 5.74) is 2.96. The molecule has 2 heterocycles. The third kappa shape index (κ3) is 4.62. The highest BCUT2D eigenvalue weighted by molar-refractivity contribution is 7.89. The summed E-state index contributed by atoms with van der Waals surface area (Å²) in [5.74, 6) is -0.448. The summed E-state index contributed by atoms with van der Waals surface area (Å²) in [5, 5.41) is 10.4. The van der Waals surface area contributed by atoms with E-state index in [0.717, 1.165) is 35.0 Å². The van der Waals surface area contributed by atoms with Crippen molar-refractivity contribution in [3.63, 3.8) is 0 Å². The van der Waals surface area contributed by atoms with Crippen molar-refractivity contribution in [2.45, 2.75) is 62.8 Å². The standard InChI is InChI=1S/C26H30N4O5S/c1-16(2)25(26(31)34-3)28-36(32,33)19-10-11-20-21-13-18(9-12-23(21)35-24(20)14-19)30-15-22(27-29-30)17-7-5-4-6-8-17/h9-17,25,28H,4-8H2,1-3H3. The fourth-order valence-electron chi connectivity index (χ4n) is 4.86. The van der Waals surface area contributed by atoms with Gasteiger partial charge in [-0.25, -0.2) is 13.1 Å². The van der Waals surface area contributed by atoms with Crippen LogP contribution in [0.3, 0.4) is 0 Å². The highest BCUT2D eigenvalue weighted by atomic mass is 32.2. The third-order valence-corrected chi connectivity index (χ3v) is 8.38. The monoisotopic (exact) mass is 510 g/mol. The quantitative estimate of drug-likeness (QED) is 0.359. The van der Waals surface area contributed by atoms with E-state index in [4.69, 9.17) is 9.15 Å². The zero-order valence-electron chi connectivity index (χ0n) is 20.6. The summed E-state index contributed by atoms with van der Waals surface area (Å²) < 4.78 is 41.0. The first-order valence-corrected chi connectivity index (χ1v) is 13.7. The molecule has 0 saturated heterocycles. The first kappa shape index (κ1) is 24.5. The molecular formula is C26H30N4O5S. The van der Waals surface area contributed by atoms with E-state index in [2.05, 4.69) is 15.0 Å². The number of sulfonamides is 1. The van der Waals surface area contributed by atoms with Crippen molar-refractivity contribution < 1.29 is 22.4 Å². The van der Waals surface area contributed by atoms with Crippen molar-refractivity contribution >= 4 is 37.9 Å². The number of hydrogen-bond donors (Lipinski definition) is 1. The lowest BCUT2D eigenvalue weighted by Gasteiger charge is -2.19. The van der Waals surface area contributed by atoms with E-state index in [1.54, 1.807) is 24.6 Å². The molecule has 0 radical (unpaired) electrons. The number of aromatic nitrogens is 3. The van der Waals surface area contributed by atoms with Gasteiger partial charge in [0.15, 0.2) is 0 Å². The van der Waals surface area contributed by atoms with Crippen molar-refractivity contribution in [3.05, 3.63) is 48.3 Å². The zero-order valence-corrected chi connectivity index (χ0v) is 21.4. The van der Waals surface area contributed by atoms with Crippen LogP contribution < -0.4 is 4.72 Å². The molecule has 2 aromatic heterocycles. The molecule has 0 bridgehead atoms. The van der Waals surface area contributed by atoms with Gasteiger partial charge in [-0.1, -0.05) is 38.3 Å². The molecule has 0 spiro atoms. The molecule has 0 aliphatic heterocycles. The van der Waals surface area contributed by atoms with Gasteiger partial charge in [-0.05, 0) is 49.1 Å². The Morgan fingerprint density at radius 1 is 1.08 bits per heavy atom. The van der Waals surface area contributed by atoms with Crippen LogP contribution in [0.2, 0.25) is 0 Å². The highest BCUT2D eigenvalue weighted by Crippen LogP contribution is 2.34. The summed E-state index contributed by atoms with van der Waals surface area (Å²) in [4.78, 5) is 12.1. The number of carbonyl (C=O) groups is 1. The first-order chi connectivity index (χ1) is 17.3. The van der Waals surface area contributed by atoms with Crippen LogP contribution in [-0.2, 0) is 19.6 Å². The Bertz CT molecular complexity index is 1520. The van der Waals surface area contributed by atoms with Gasteiger partial charge >= 0.3 is 5.97 Å². The number of ether oxygens (including phenoxy) is 1. The predicted octanol–water partition coefficient (Wildman–Crippen LogP) is 4.69. The number of nitrogens with zero attached hydrogens (tertiary/aromatic N) is 3. The Labute approximate surface area is 209 Å². The normalized spacial score (nSPS) is 16.1. The summed E-state index contributed by atoms with van der Waals surface area (Å²) in [7, 11) is -2.75. The van der Waals surface area contributed by atoms with E-state index < -0.39 is 22.0 Å². The Morgan fingerprint density at radius 3 is 2.58 bits per heavy atom. The van der Waals surface area contributed by atoms with Crippen LogP contribution in [0.1, 0.15) is 57.6 Å². The van der Waals surface area contributed by atoms with Gasteiger partial charge in [0.2, 0.25) is 10.0 Å². The second-order valence-electron chi connectivity index (χ2n) is 9.73. The molecule has 2 aromatic carbocycles. The molecule has 5 rings (SSSR count). The largest absolute Gasteiger partial charge is 0.468 e. The van der Waals surface area contributed by atoms with Crippen LogP contribution in [0.5, 0.6) is 0 Å². The topological polar surface area (TPSA) is 116 Å². The van der Waals surface area contributed by atoms with Crippen LogP contribution in [-0.4, -0.2) is 42.5 Å². The Hall–Kier alpha value is -3.24. The average Bonchev–Trinajstić information content (AvgIpc) is 3.51. The molecule has 10 heteroatoms. The van der Waals surface area contributed by atoms with E-state index in [1.807, 2.05) is 24.4 Å². The molecule has 9 nitrogen and oxygen atoms in total. The molecule has 1 aliphatic carbocycles. The predicted molar refractivity (Wildman–Crippen MR) is 135 cm³/mol. The van der Waals surface area contributed by atoms with Crippen LogP contribution in [0.4, 0.5) is 0 Å². The first-order valence-electron chi connectivity index (χ1n) is 12.3. The summed E-state index contributed by atoms with van der Waals surface area (Å²) in [6.45, 7) is 3.49. The third-order valence-electron chi connectivity index (χ3n) is 6.94. The minimum atomic E-state index is -3.98. The Balaban J connectivity index is 1.46. The van der Waals surface area contributed by atoms with Crippen molar-refractivity contribution in [3.8, 4) is 5.69 Å². The molecule has 1 atom stereocenters. The number of fused-ring (bicyclic) bond motifs is 3. The maximum absolute atomic E-state index is 13.0. The van der Waals surface area contributed by atoms with Crippen LogP contribution in [0.25, 0.3) is 27.6 Å². The summed E-state index contributed by atoms with van der Waals surface area (Å²) in [6, 6.07) is 9.45. The SMILES string of the molecule is COC(=O)C(NS(=O)(=O)c1ccc2c(c1)oc1ccc(-n3cc(C4CCCCC4)nn3)cc12)C(C)C. The number of hydrogen-bond acceptors (Lipinski definition) is 7. The molecule has 1 saturated carbocycles. The van der Waals surface area contributed by atoms with Crippen LogP contribution in [0, 0.1) is 5.92 Å². The lowest BCUT2D eigenvalue weighted by Crippen LogP contribution is -2.44. The molecule has 1 N–H and O–H groups in total. The number of methoxy groups -OCH3 is 1. The van der Waals surface area contributed by atoms with E-state index in [0.29, 0.717) is 17.1 Å². The van der Waals surface area contributed by atoms with Gasteiger partial charge in [-0.15, -0.1) is 5.10 Å². The van der Waals surface area contributed by atoms with E-state index >= 15 is 0 Å². The number of nitrogens with one attached hydrogen (secondary N) is 1. The van der Waals surface area contributed by atoms with Gasteiger partial charge in [0.1, 0.15) is 17.2 Å². The molecule has 0 amide bonds. The molecule has 36 heavy (non-hydrogen) atoms. The molecule has 1 fully saturated rings. The van der Waals surface area contributed by atoms with Gasteiger partial charge in [0.25, 0.3) is 0 Å². The number of carbonyl (C=O) groups excluding carboxylic acids is 1. The van der Waals surface area contributed by atoms with Gasteiger partial charge in [-0.2, -0.15) is 4.72 Å². The summed E-state index contributed by atoms with van der Waals surface area (Å²) >= 11 is 0. The second kappa shape index (κ2) is 9.67. The lowest BCUT2D eigenvalue weighted by atomic mass is 9.87.